The van der Waals surface area contributed by atoms with E-state index in [0.717, 1.165) is 27.9 Å². The number of fused-ring (bicyclic) bond motifs is 1. The van der Waals surface area contributed by atoms with Crippen molar-refractivity contribution in [2.24, 2.45) is 11.0 Å². The first-order valence-corrected chi connectivity index (χ1v) is 23.5. The Bertz CT molecular complexity index is 2310. The average molecular weight is 970 g/mol. The van der Waals surface area contributed by atoms with Gasteiger partial charge >= 0.3 is 5.97 Å². The highest BCUT2D eigenvalue weighted by Crippen LogP contribution is 2.32. The van der Waals surface area contributed by atoms with Crippen molar-refractivity contribution in [2.45, 2.75) is 58.5 Å². The van der Waals surface area contributed by atoms with Gasteiger partial charge in [-0.15, -0.1) is 0 Å². The third-order valence-electron chi connectivity index (χ3n) is 10.5. The quantitative estimate of drug-likeness (QED) is 0.0144. The first-order chi connectivity index (χ1) is 33.9. The van der Waals surface area contributed by atoms with E-state index in [1.807, 2.05) is 75.4 Å². The van der Waals surface area contributed by atoms with Gasteiger partial charge < -0.3 is 55.4 Å². The van der Waals surface area contributed by atoms with Gasteiger partial charge in [0, 0.05) is 42.7 Å². The van der Waals surface area contributed by atoms with E-state index in [9.17, 15) is 29.1 Å². The van der Waals surface area contributed by atoms with Crippen LogP contribution < -0.4 is 26.6 Å². The number of hydrogen-bond donors (Lipinski definition) is 6. The minimum Gasteiger partial charge on any atom is -0.481 e. The average Bonchev–Trinajstić information content (AvgIpc) is 3.34. The second-order valence-electron chi connectivity index (χ2n) is 16.5. The molecule has 0 aliphatic carbocycles. The van der Waals surface area contributed by atoms with Gasteiger partial charge in [0.2, 0.25) is 17.7 Å². The van der Waals surface area contributed by atoms with Crippen LogP contribution in [0.2, 0.25) is 0 Å². The predicted molar refractivity (Wildman–Crippen MR) is 264 cm³/mol. The summed E-state index contributed by atoms with van der Waals surface area (Å²) in [5.74, 6) is -1.82. The van der Waals surface area contributed by atoms with E-state index in [-0.39, 0.29) is 56.8 Å². The summed E-state index contributed by atoms with van der Waals surface area (Å²) in [6, 6.07) is 20.3. The minimum atomic E-state index is -1.10. The fraction of sp³-hybridized carbons (Fsp3) is 0.480. The molecular weight excluding hydrogens is 903 g/mol. The maximum absolute atomic E-state index is 13.9. The van der Waals surface area contributed by atoms with Crippen LogP contribution in [0.5, 0.6) is 0 Å². The van der Waals surface area contributed by atoms with Crippen LogP contribution in [0.25, 0.3) is 32.3 Å². The molecule has 20 heteroatoms. The molecule has 4 amide bonds. The standard InChI is InChI=1S/C50H67N9O11/c1-35(2)31-44(50(65)54-19-21-66-23-25-68-27-29-70-30-28-69-26-24-67-22-20-56-59-51)58-49(64)42-15-14-39(40-7-4-5-8-41(40)42)37-10-12-38(13-11-37)43(33-48(62)63)57-47(61)34-55-46(60)9-6-17-52-45-32-36(3)16-18-53-45/h4-5,7-8,10-16,18,32,35,43-44H,6,9,17,19-31,33-34H2,1-3H3,(H,52,53)(H,54,65)(H,55,60)(H,57,61)(H,58,64)(H,62,63). The van der Waals surface area contributed by atoms with E-state index in [4.69, 9.17) is 29.2 Å². The largest absolute Gasteiger partial charge is 0.481 e. The van der Waals surface area contributed by atoms with Crippen molar-refractivity contribution in [1.82, 2.24) is 26.3 Å². The fourth-order valence-electron chi connectivity index (χ4n) is 7.12. The summed E-state index contributed by atoms with van der Waals surface area (Å²) in [7, 11) is 0. The molecule has 1 aromatic heterocycles. The van der Waals surface area contributed by atoms with Gasteiger partial charge in [-0.1, -0.05) is 73.6 Å². The van der Waals surface area contributed by atoms with Crippen molar-refractivity contribution in [2.75, 3.05) is 97.6 Å². The first kappa shape index (κ1) is 55.9. The lowest BCUT2D eigenvalue weighted by Crippen LogP contribution is -2.48. The van der Waals surface area contributed by atoms with Gasteiger partial charge in [0.25, 0.3) is 5.91 Å². The number of aryl methyl sites for hydroxylation is 1. The zero-order chi connectivity index (χ0) is 50.4. The van der Waals surface area contributed by atoms with Gasteiger partial charge in [-0.05, 0) is 82.4 Å². The molecule has 0 fully saturated rings. The summed E-state index contributed by atoms with van der Waals surface area (Å²) in [6.07, 6.45) is 2.47. The van der Waals surface area contributed by atoms with Crippen molar-refractivity contribution in [1.29, 1.82) is 0 Å². The molecule has 4 rings (SSSR count). The molecule has 0 aliphatic heterocycles. The number of azide groups is 1. The number of carboxylic acids is 1. The maximum atomic E-state index is 13.9. The molecule has 20 nitrogen and oxygen atoms in total. The van der Waals surface area contributed by atoms with E-state index in [2.05, 4.69) is 41.6 Å². The third kappa shape index (κ3) is 21.3. The highest BCUT2D eigenvalue weighted by Gasteiger charge is 2.24. The van der Waals surface area contributed by atoms with Crippen LogP contribution in [-0.4, -0.2) is 138 Å². The van der Waals surface area contributed by atoms with Gasteiger partial charge in [-0.25, -0.2) is 4.98 Å². The molecule has 4 aromatic rings. The monoisotopic (exact) mass is 969 g/mol. The van der Waals surface area contributed by atoms with E-state index in [0.29, 0.717) is 95.4 Å². The minimum absolute atomic E-state index is 0.112. The molecule has 3 aromatic carbocycles. The van der Waals surface area contributed by atoms with Crippen molar-refractivity contribution in [3.8, 4) is 11.1 Å². The Hall–Kier alpha value is -6.67. The first-order valence-electron chi connectivity index (χ1n) is 23.5. The van der Waals surface area contributed by atoms with Gasteiger partial charge in [-0.3, -0.25) is 24.0 Å². The van der Waals surface area contributed by atoms with E-state index in [1.165, 1.54) is 0 Å². The Morgan fingerprint density at radius 3 is 2.01 bits per heavy atom. The number of ether oxygens (including phenoxy) is 5. The molecule has 1 heterocycles. The Morgan fingerprint density at radius 1 is 0.743 bits per heavy atom. The summed E-state index contributed by atoms with van der Waals surface area (Å²) in [6.45, 7) is 10.4. The normalized spacial score (nSPS) is 11.9. The van der Waals surface area contributed by atoms with Crippen LogP contribution in [0.15, 0.2) is 84.1 Å². The number of carbonyl (C=O) groups excluding carboxylic acids is 4. The highest BCUT2D eigenvalue weighted by atomic mass is 16.6. The fourth-order valence-corrected chi connectivity index (χ4v) is 7.12. The van der Waals surface area contributed by atoms with Crippen LogP contribution in [-0.2, 0) is 42.9 Å². The number of aliphatic carboxylic acids is 1. The molecule has 70 heavy (non-hydrogen) atoms. The Morgan fingerprint density at radius 2 is 1.39 bits per heavy atom. The molecule has 2 unspecified atom stereocenters. The predicted octanol–water partition coefficient (Wildman–Crippen LogP) is 5.50. The van der Waals surface area contributed by atoms with Gasteiger partial charge in [-0.2, -0.15) is 0 Å². The van der Waals surface area contributed by atoms with Gasteiger partial charge in [0.05, 0.1) is 85.1 Å². The number of pyridine rings is 1. The lowest BCUT2D eigenvalue weighted by atomic mass is 9.93. The van der Waals surface area contributed by atoms with E-state index < -0.39 is 29.9 Å². The van der Waals surface area contributed by atoms with Crippen molar-refractivity contribution < 1.29 is 52.8 Å². The number of aromatic nitrogens is 1. The highest BCUT2D eigenvalue weighted by molar-refractivity contribution is 6.11. The number of amides is 4. The molecular formula is C50H67N9O11. The molecule has 6 N–H and O–H groups in total. The molecule has 0 spiro atoms. The van der Waals surface area contributed by atoms with Gasteiger partial charge in [0.1, 0.15) is 11.9 Å². The lowest BCUT2D eigenvalue weighted by Gasteiger charge is -2.21. The molecule has 0 saturated carbocycles. The van der Waals surface area contributed by atoms with Crippen molar-refractivity contribution >= 4 is 46.2 Å². The molecule has 378 valence electrons. The number of rotatable bonds is 35. The summed E-state index contributed by atoms with van der Waals surface area (Å²) in [5.41, 5.74) is 11.9. The topological polar surface area (TPSA) is 274 Å². The van der Waals surface area contributed by atoms with Crippen LogP contribution in [0.4, 0.5) is 5.82 Å². The Labute approximate surface area is 408 Å². The maximum Gasteiger partial charge on any atom is 0.305 e. The van der Waals surface area contributed by atoms with Crippen LogP contribution in [0, 0.1) is 12.8 Å². The number of hydrogen-bond acceptors (Lipinski definition) is 13. The van der Waals surface area contributed by atoms with Crippen molar-refractivity contribution in [3.05, 3.63) is 106 Å². The summed E-state index contributed by atoms with van der Waals surface area (Å²) < 4.78 is 27.3. The van der Waals surface area contributed by atoms with E-state index >= 15 is 0 Å². The number of carbonyl (C=O) groups is 5. The third-order valence-corrected chi connectivity index (χ3v) is 10.5. The molecule has 0 bridgehead atoms. The van der Waals surface area contributed by atoms with Gasteiger partial charge in [0.15, 0.2) is 0 Å². The Balaban J connectivity index is 1.22. The van der Waals surface area contributed by atoms with Crippen LogP contribution in [0.3, 0.4) is 0 Å². The van der Waals surface area contributed by atoms with Crippen LogP contribution >= 0.6 is 0 Å². The lowest BCUT2D eigenvalue weighted by molar-refractivity contribution is -0.138. The number of nitrogens with one attached hydrogen (secondary N) is 5. The summed E-state index contributed by atoms with van der Waals surface area (Å²) in [5, 5.41) is 28.9. The van der Waals surface area contributed by atoms with Crippen LogP contribution in [0.1, 0.15) is 67.1 Å². The van der Waals surface area contributed by atoms with Crippen molar-refractivity contribution in [3.63, 3.8) is 0 Å². The Kier molecular flexibility index (Phi) is 25.7. The zero-order valence-corrected chi connectivity index (χ0v) is 40.3. The molecule has 0 saturated heterocycles. The zero-order valence-electron chi connectivity index (χ0n) is 40.3. The van der Waals surface area contributed by atoms with E-state index in [1.54, 1.807) is 24.4 Å². The molecule has 0 radical (unpaired) electrons. The summed E-state index contributed by atoms with van der Waals surface area (Å²) >= 11 is 0. The molecule has 0 aliphatic rings. The second kappa shape index (κ2) is 32.2. The SMILES string of the molecule is Cc1ccnc(NCCCC(=O)NCC(=O)NC(CC(=O)O)c2ccc(-c3ccc(C(=O)NC(CC(C)C)C(=O)NCCOCCOCCOCCOCCOCCN=[N+]=[N-])c4ccccc34)cc2)c1. The number of benzene rings is 3. The number of carboxylic acid groups (broad SMARTS) is 1. The smallest absolute Gasteiger partial charge is 0.305 e. The number of nitrogens with zero attached hydrogens (tertiary/aromatic N) is 4. The second-order valence-corrected chi connectivity index (χ2v) is 16.5. The molecule has 2 atom stereocenters. The number of anilines is 1. The summed E-state index contributed by atoms with van der Waals surface area (Å²) in [4.78, 5) is 71.3.